The Morgan fingerprint density at radius 2 is 1.69 bits per heavy atom. The first kappa shape index (κ1) is 24.3. The third-order valence-electron chi connectivity index (χ3n) is 5.85. The molecule has 0 fully saturated rings. The maximum absolute atomic E-state index is 13.0. The highest BCUT2D eigenvalue weighted by Crippen LogP contribution is 2.32. The fraction of sp³-hybridized carbons (Fsp3) is 0.154. The lowest BCUT2D eigenvalue weighted by molar-refractivity contribution is -0.385. The van der Waals surface area contributed by atoms with Gasteiger partial charge in [-0.15, -0.1) is 0 Å². The predicted octanol–water partition coefficient (Wildman–Crippen LogP) is 4.06. The molecule has 3 aromatic carbocycles. The van der Waals surface area contributed by atoms with E-state index in [9.17, 15) is 29.3 Å². The molecular formula is C26H21N3O7. The van der Waals surface area contributed by atoms with Crippen LogP contribution in [0.3, 0.4) is 0 Å². The first-order chi connectivity index (χ1) is 17.2. The summed E-state index contributed by atoms with van der Waals surface area (Å²) in [5.74, 6) is -2.55. The molecule has 4 rings (SSSR count). The molecule has 0 spiro atoms. The minimum Gasteiger partial charge on any atom is -0.452 e. The van der Waals surface area contributed by atoms with Crippen LogP contribution in [0.5, 0.6) is 0 Å². The van der Waals surface area contributed by atoms with Gasteiger partial charge >= 0.3 is 5.97 Å². The summed E-state index contributed by atoms with van der Waals surface area (Å²) in [6.07, 6.45) is 0. The lowest BCUT2D eigenvalue weighted by Crippen LogP contribution is -2.32. The van der Waals surface area contributed by atoms with E-state index in [1.807, 2.05) is 30.3 Å². The van der Waals surface area contributed by atoms with E-state index in [1.54, 1.807) is 13.8 Å². The number of hydrogen-bond donors (Lipinski definition) is 1. The molecule has 1 N–H and O–H groups in total. The largest absolute Gasteiger partial charge is 0.452 e. The van der Waals surface area contributed by atoms with Crippen molar-refractivity contribution in [2.24, 2.45) is 0 Å². The highest BCUT2D eigenvalue weighted by molar-refractivity contribution is 6.22. The maximum Gasteiger partial charge on any atom is 0.338 e. The normalized spacial score (nSPS) is 13.2. The topological polar surface area (TPSA) is 136 Å². The highest BCUT2D eigenvalue weighted by atomic mass is 16.6. The number of nitro groups is 1. The Balaban J connectivity index is 1.42. The summed E-state index contributed by atoms with van der Waals surface area (Å²) in [7, 11) is 0. The molecule has 3 amide bonds. The van der Waals surface area contributed by atoms with Gasteiger partial charge in [-0.3, -0.25) is 29.4 Å². The molecule has 3 aromatic rings. The molecule has 0 radical (unpaired) electrons. The number of carbonyl (C=O) groups is 4. The Bertz CT molecular complexity index is 1400. The van der Waals surface area contributed by atoms with Gasteiger partial charge in [0.1, 0.15) is 0 Å². The van der Waals surface area contributed by atoms with Crippen LogP contribution in [0.1, 0.15) is 55.2 Å². The van der Waals surface area contributed by atoms with E-state index in [4.69, 9.17) is 4.74 Å². The van der Waals surface area contributed by atoms with Crippen molar-refractivity contribution >= 4 is 35.1 Å². The number of hydrogen-bond acceptors (Lipinski definition) is 7. The summed E-state index contributed by atoms with van der Waals surface area (Å²) in [6, 6.07) is 16.8. The summed E-state index contributed by atoms with van der Waals surface area (Å²) in [6.45, 7) is 2.66. The number of carbonyl (C=O) groups excluding carboxylic acids is 4. The standard InChI is InChI=1S/C26H21N3O7/c1-15-8-10-19(13-22(15)29(34)35)27-23(30)14-36-26(33)18-9-11-20-21(12-18)25(32)28(24(20)31)16(2)17-6-4-3-5-7-17/h3-13,16H,14H2,1-2H3,(H,27,30)/t16-/m1/s1. The molecular weight excluding hydrogens is 466 g/mol. The lowest BCUT2D eigenvalue weighted by atomic mass is 10.1. The van der Waals surface area contributed by atoms with Crippen LogP contribution in [0.15, 0.2) is 66.7 Å². The van der Waals surface area contributed by atoms with Gasteiger partial charge in [0.05, 0.1) is 27.7 Å². The highest BCUT2D eigenvalue weighted by Gasteiger charge is 2.39. The van der Waals surface area contributed by atoms with Crippen molar-refractivity contribution in [1.29, 1.82) is 0 Å². The molecule has 1 aliphatic rings. The Labute approximate surface area is 205 Å². The summed E-state index contributed by atoms with van der Waals surface area (Å²) in [5, 5.41) is 13.5. The summed E-state index contributed by atoms with van der Waals surface area (Å²) >= 11 is 0. The number of nitrogens with one attached hydrogen (secondary N) is 1. The van der Waals surface area contributed by atoms with Crippen molar-refractivity contribution in [2.75, 3.05) is 11.9 Å². The number of aryl methyl sites for hydroxylation is 1. The van der Waals surface area contributed by atoms with Crippen LogP contribution in [0, 0.1) is 17.0 Å². The van der Waals surface area contributed by atoms with Gasteiger partial charge in [0.25, 0.3) is 23.4 Å². The average Bonchev–Trinajstić information content (AvgIpc) is 3.12. The molecule has 0 unspecified atom stereocenters. The third kappa shape index (κ3) is 4.69. The van der Waals surface area contributed by atoms with E-state index >= 15 is 0 Å². The molecule has 1 aliphatic heterocycles. The van der Waals surface area contributed by atoms with Crippen LogP contribution in [0.4, 0.5) is 11.4 Å². The molecule has 1 heterocycles. The minimum atomic E-state index is -0.863. The van der Waals surface area contributed by atoms with Gasteiger partial charge in [-0.05, 0) is 43.7 Å². The van der Waals surface area contributed by atoms with E-state index in [0.717, 1.165) is 10.5 Å². The number of nitro benzene ring substituents is 1. The molecule has 182 valence electrons. The zero-order chi connectivity index (χ0) is 26.0. The van der Waals surface area contributed by atoms with Crippen LogP contribution in [-0.4, -0.2) is 40.1 Å². The predicted molar refractivity (Wildman–Crippen MR) is 129 cm³/mol. The van der Waals surface area contributed by atoms with E-state index in [1.165, 1.54) is 36.4 Å². The van der Waals surface area contributed by atoms with Crippen molar-refractivity contribution < 1.29 is 28.8 Å². The fourth-order valence-electron chi connectivity index (χ4n) is 3.91. The second-order valence-electron chi connectivity index (χ2n) is 8.21. The Morgan fingerprint density at radius 1 is 1.00 bits per heavy atom. The fourth-order valence-corrected chi connectivity index (χ4v) is 3.91. The molecule has 10 heteroatoms. The molecule has 1 atom stereocenters. The van der Waals surface area contributed by atoms with Crippen molar-refractivity contribution in [3.05, 3.63) is 105 Å². The summed E-state index contributed by atoms with van der Waals surface area (Å²) < 4.78 is 5.03. The molecule has 0 saturated carbocycles. The van der Waals surface area contributed by atoms with Gasteiger partial charge in [0.15, 0.2) is 6.61 Å². The zero-order valence-electron chi connectivity index (χ0n) is 19.4. The number of benzene rings is 3. The number of rotatable bonds is 7. The van der Waals surface area contributed by atoms with E-state index < -0.39 is 41.3 Å². The smallest absolute Gasteiger partial charge is 0.338 e. The van der Waals surface area contributed by atoms with Crippen molar-refractivity contribution in [3.63, 3.8) is 0 Å². The zero-order valence-corrected chi connectivity index (χ0v) is 19.4. The van der Waals surface area contributed by atoms with Gasteiger partial charge in [-0.25, -0.2) is 4.79 Å². The van der Waals surface area contributed by atoms with Gasteiger partial charge in [0, 0.05) is 17.3 Å². The maximum atomic E-state index is 13.0. The molecule has 0 aromatic heterocycles. The van der Waals surface area contributed by atoms with Crippen LogP contribution in [0.25, 0.3) is 0 Å². The van der Waals surface area contributed by atoms with Crippen LogP contribution < -0.4 is 5.32 Å². The number of ether oxygens (including phenoxy) is 1. The van der Waals surface area contributed by atoms with Crippen LogP contribution in [-0.2, 0) is 9.53 Å². The SMILES string of the molecule is Cc1ccc(NC(=O)COC(=O)c2ccc3c(c2)C(=O)N([C@H](C)c2ccccc2)C3=O)cc1[N+](=O)[O-]. The van der Waals surface area contributed by atoms with Gasteiger partial charge in [-0.2, -0.15) is 0 Å². The number of imide groups is 1. The Morgan fingerprint density at radius 3 is 2.39 bits per heavy atom. The molecule has 36 heavy (non-hydrogen) atoms. The van der Waals surface area contributed by atoms with Crippen LogP contribution >= 0.6 is 0 Å². The average molecular weight is 487 g/mol. The Kier molecular flexibility index (Phi) is 6.60. The van der Waals surface area contributed by atoms with E-state index in [0.29, 0.717) is 5.56 Å². The van der Waals surface area contributed by atoms with Crippen molar-refractivity contribution in [1.82, 2.24) is 4.90 Å². The lowest BCUT2D eigenvalue weighted by Gasteiger charge is -2.22. The monoisotopic (exact) mass is 487 g/mol. The van der Waals surface area contributed by atoms with E-state index in [-0.39, 0.29) is 28.1 Å². The molecule has 0 saturated heterocycles. The number of anilines is 1. The van der Waals surface area contributed by atoms with Crippen LogP contribution in [0.2, 0.25) is 0 Å². The number of esters is 1. The second kappa shape index (κ2) is 9.79. The van der Waals surface area contributed by atoms with E-state index in [2.05, 4.69) is 5.32 Å². The summed E-state index contributed by atoms with van der Waals surface area (Å²) in [4.78, 5) is 62.2. The second-order valence-corrected chi connectivity index (χ2v) is 8.21. The van der Waals surface area contributed by atoms with Gasteiger partial charge < -0.3 is 10.1 Å². The van der Waals surface area contributed by atoms with Crippen molar-refractivity contribution in [3.8, 4) is 0 Å². The van der Waals surface area contributed by atoms with Crippen molar-refractivity contribution in [2.45, 2.75) is 19.9 Å². The Hall–Kier alpha value is -4.86. The first-order valence-electron chi connectivity index (χ1n) is 11.0. The molecule has 0 bridgehead atoms. The molecule has 0 aliphatic carbocycles. The first-order valence-corrected chi connectivity index (χ1v) is 11.0. The van der Waals surface area contributed by atoms with Gasteiger partial charge in [0.2, 0.25) is 0 Å². The number of amides is 3. The van der Waals surface area contributed by atoms with Gasteiger partial charge in [-0.1, -0.05) is 36.4 Å². The molecule has 10 nitrogen and oxygen atoms in total. The number of nitrogens with zero attached hydrogens (tertiary/aromatic N) is 2. The third-order valence-corrected chi connectivity index (χ3v) is 5.85. The quantitative estimate of drug-likeness (QED) is 0.230. The number of fused-ring (bicyclic) bond motifs is 1. The summed E-state index contributed by atoms with van der Waals surface area (Å²) in [5.41, 5.74) is 1.51. The minimum absolute atomic E-state index is 0.00267.